The lowest BCUT2D eigenvalue weighted by atomic mass is 9.81. The van der Waals surface area contributed by atoms with Crippen LogP contribution in [-0.4, -0.2) is 0 Å². The van der Waals surface area contributed by atoms with Crippen LogP contribution < -0.4 is 0 Å². The van der Waals surface area contributed by atoms with Crippen LogP contribution in [0.15, 0.2) is 186 Å². The monoisotopic (exact) mass is 712 g/mol. The zero-order valence-corrected chi connectivity index (χ0v) is 31.2. The van der Waals surface area contributed by atoms with Gasteiger partial charge < -0.3 is 4.42 Å². The van der Waals surface area contributed by atoms with Gasteiger partial charge in [-0.1, -0.05) is 159 Å². The second-order valence-electron chi connectivity index (χ2n) is 16.0. The summed E-state index contributed by atoms with van der Waals surface area (Å²) in [6.07, 6.45) is 0. The zero-order valence-electron chi connectivity index (χ0n) is 31.2. The first-order chi connectivity index (χ1) is 27.5. The molecule has 1 aromatic heterocycles. The van der Waals surface area contributed by atoms with Gasteiger partial charge in [0.25, 0.3) is 0 Å². The van der Waals surface area contributed by atoms with Crippen LogP contribution in [0.3, 0.4) is 0 Å². The van der Waals surface area contributed by atoms with Crippen molar-refractivity contribution >= 4 is 65.0 Å². The molecule has 0 aliphatic heterocycles. The molecule has 0 fully saturated rings. The summed E-state index contributed by atoms with van der Waals surface area (Å²) < 4.78 is 6.31. The number of rotatable bonds is 3. The Balaban J connectivity index is 1.05. The lowest BCUT2D eigenvalue weighted by molar-refractivity contribution is 0.661. The smallest absolute Gasteiger partial charge is 0.136 e. The Bertz CT molecular complexity index is 3390. The van der Waals surface area contributed by atoms with Gasteiger partial charge in [-0.25, -0.2) is 0 Å². The lowest BCUT2D eigenvalue weighted by Crippen LogP contribution is -2.14. The van der Waals surface area contributed by atoms with E-state index in [4.69, 9.17) is 4.42 Å². The quantitative estimate of drug-likeness (QED) is 0.166. The van der Waals surface area contributed by atoms with Crippen molar-refractivity contribution in [2.75, 3.05) is 0 Å². The van der Waals surface area contributed by atoms with E-state index in [1.54, 1.807) is 0 Å². The fraction of sp³-hybridized carbons (Fsp3) is 0.0545. The molecular formula is C55H36O. The number of hydrogen-bond acceptors (Lipinski definition) is 1. The van der Waals surface area contributed by atoms with Gasteiger partial charge in [0, 0.05) is 16.2 Å². The molecular weight excluding hydrogens is 677 g/mol. The lowest BCUT2D eigenvalue weighted by Gasteiger charge is -2.22. The molecule has 262 valence electrons. The molecule has 0 spiro atoms. The van der Waals surface area contributed by atoms with E-state index >= 15 is 0 Å². The SMILES string of the molecule is CC1(C)c2ccc(-c3cccc(-c4c5ccccc5c(-c5ccc6ccccc6c5)c5ccccc45)c3)cc2-c2c1ccc1c2ccc2oc3ccccc3c21. The topological polar surface area (TPSA) is 13.1 Å². The summed E-state index contributed by atoms with van der Waals surface area (Å²) in [6.45, 7) is 4.74. The van der Waals surface area contributed by atoms with Gasteiger partial charge in [0.05, 0.1) is 0 Å². The maximum absolute atomic E-state index is 6.31. The van der Waals surface area contributed by atoms with Gasteiger partial charge in [0.2, 0.25) is 0 Å². The Kier molecular flexibility index (Phi) is 6.46. The van der Waals surface area contributed by atoms with Crippen molar-refractivity contribution in [1.82, 2.24) is 0 Å². The van der Waals surface area contributed by atoms with E-state index in [9.17, 15) is 0 Å². The third-order valence-electron chi connectivity index (χ3n) is 12.6. The molecule has 0 bridgehead atoms. The van der Waals surface area contributed by atoms with Gasteiger partial charge in [0.15, 0.2) is 0 Å². The summed E-state index contributed by atoms with van der Waals surface area (Å²) in [4.78, 5) is 0. The van der Waals surface area contributed by atoms with Crippen molar-refractivity contribution in [3.8, 4) is 44.5 Å². The highest BCUT2D eigenvalue weighted by molar-refractivity contribution is 6.23. The van der Waals surface area contributed by atoms with Crippen LogP contribution >= 0.6 is 0 Å². The fourth-order valence-electron chi connectivity index (χ4n) is 10.0. The van der Waals surface area contributed by atoms with Crippen LogP contribution in [-0.2, 0) is 5.41 Å². The summed E-state index contributed by atoms with van der Waals surface area (Å²) in [6, 6.07) is 67.3. The first-order valence-corrected chi connectivity index (χ1v) is 19.6. The molecule has 0 saturated carbocycles. The van der Waals surface area contributed by atoms with Gasteiger partial charge in [0.1, 0.15) is 11.2 Å². The average Bonchev–Trinajstić information content (AvgIpc) is 3.74. The molecule has 12 rings (SSSR count). The number of benzene rings is 10. The summed E-state index contributed by atoms with van der Waals surface area (Å²) in [5, 5.41) is 12.5. The first-order valence-electron chi connectivity index (χ1n) is 19.6. The van der Waals surface area contributed by atoms with Gasteiger partial charge in [-0.3, -0.25) is 0 Å². The maximum atomic E-state index is 6.31. The minimum Gasteiger partial charge on any atom is -0.456 e. The van der Waals surface area contributed by atoms with Crippen molar-refractivity contribution in [3.05, 3.63) is 193 Å². The highest BCUT2D eigenvalue weighted by Crippen LogP contribution is 2.53. The predicted octanol–water partition coefficient (Wildman–Crippen LogP) is 15.5. The van der Waals surface area contributed by atoms with Crippen molar-refractivity contribution in [1.29, 1.82) is 0 Å². The Labute approximate surface area is 325 Å². The van der Waals surface area contributed by atoms with Crippen LogP contribution in [0.25, 0.3) is 110 Å². The molecule has 1 heteroatoms. The number of furan rings is 1. The van der Waals surface area contributed by atoms with Crippen LogP contribution in [0.5, 0.6) is 0 Å². The minimum atomic E-state index is -0.114. The number of fused-ring (bicyclic) bond motifs is 12. The Morgan fingerprint density at radius 1 is 0.339 bits per heavy atom. The molecule has 0 N–H and O–H groups in total. The van der Waals surface area contributed by atoms with E-state index in [0.29, 0.717) is 0 Å². The van der Waals surface area contributed by atoms with Crippen LogP contribution in [0, 0.1) is 0 Å². The molecule has 56 heavy (non-hydrogen) atoms. The molecule has 10 aromatic carbocycles. The second kappa shape index (κ2) is 11.5. The van der Waals surface area contributed by atoms with Gasteiger partial charge in [-0.05, 0) is 135 Å². The number of para-hydroxylation sites is 1. The third-order valence-corrected chi connectivity index (χ3v) is 12.6. The Hall–Kier alpha value is -6.96. The summed E-state index contributed by atoms with van der Waals surface area (Å²) in [5.41, 5.74) is 14.6. The molecule has 1 aliphatic rings. The Morgan fingerprint density at radius 3 is 1.64 bits per heavy atom. The molecule has 1 aliphatic carbocycles. The molecule has 1 nitrogen and oxygen atoms in total. The predicted molar refractivity (Wildman–Crippen MR) is 238 cm³/mol. The second-order valence-corrected chi connectivity index (χ2v) is 16.0. The molecule has 0 radical (unpaired) electrons. The van der Waals surface area contributed by atoms with Crippen molar-refractivity contribution in [2.45, 2.75) is 19.3 Å². The molecule has 0 amide bonds. The Morgan fingerprint density at radius 2 is 0.893 bits per heavy atom. The molecule has 0 saturated heterocycles. The molecule has 0 unspecified atom stereocenters. The van der Waals surface area contributed by atoms with E-state index in [0.717, 1.165) is 11.2 Å². The summed E-state index contributed by atoms with van der Waals surface area (Å²) in [5.74, 6) is 0. The molecule has 11 aromatic rings. The van der Waals surface area contributed by atoms with Crippen LogP contribution in [0.2, 0.25) is 0 Å². The largest absolute Gasteiger partial charge is 0.456 e. The van der Waals surface area contributed by atoms with Crippen LogP contribution in [0.1, 0.15) is 25.0 Å². The minimum absolute atomic E-state index is 0.114. The maximum Gasteiger partial charge on any atom is 0.136 e. The van der Waals surface area contributed by atoms with Crippen LogP contribution in [0.4, 0.5) is 0 Å². The van der Waals surface area contributed by atoms with E-state index in [2.05, 4.69) is 190 Å². The van der Waals surface area contributed by atoms with E-state index in [-0.39, 0.29) is 5.41 Å². The molecule has 0 atom stereocenters. The number of hydrogen-bond donors (Lipinski definition) is 0. The third kappa shape index (κ3) is 4.37. The van der Waals surface area contributed by atoms with Gasteiger partial charge in [-0.15, -0.1) is 0 Å². The fourth-order valence-corrected chi connectivity index (χ4v) is 10.0. The van der Waals surface area contributed by atoms with Crippen molar-refractivity contribution in [2.24, 2.45) is 0 Å². The average molecular weight is 713 g/mol. The standard InChI is InChI=1S/C55H36O/c1-55(2)47-27-24-36(32-46(47)53-43-26-29-50-54(44(43)25-28-48(53)55)45-20-9-10-21-49(45)56-50)35-14-11-15-37(31-35)51-39-16-5-7-18-41(39)52(42-19-8-6-17-40(42)51)38-23-22-33-12-3-4-13-34(33)30-38/h3-32H,1-2H3. The highest BCUT2D eigenvalue weighted by atomic mass is 16.3. The highest BCUT2D eigenvalue weighted by Gasteiger charge is 2.37. The van der Waals surface area contributed by atoms with Crippen molar-refractivity contribution in [3.63, 3.8) is 0 Å². The van der Waals surface area contributed by atoms with E-state index in [1.807, 2.05) is 6.07 Å². The zero-order chi connectivity index (χ0) is 37.1. The molecule has 1 heterocycles. The van der Waals surface area contributed by atoms with Gasteiger partial charge >= 0.3 is 0 Å². The summed E-state index contributed by atoms with van der Waals surface area (Å²) >= 11 is 0. The normalized spacial score (nSPS) is 13.3. The van der Waals surface area contributed by atoms with Crippen molar-refractivity contribution < 1.29 is 4.42 Å². The first kappa shape index (κ1) is 31.4. The summed E-state index contributed by atoms with van der Waals surface area (Å²) in [7, 11) is 0. The van der Waals surface area contributed by atoms with E-state index in [1.165, 1.54) is 109 Å². The van der Waals surface area contributed by atoms with Gasteiger partial charge in [-0.2, -0.15) is 0 Å². The van der Waals surface area contributed by atoms with E-state index < -0.39 is 0 Å².